The van der Waals surface area contributed by atoms with Crippen LogP contribution in [0.4, 0.5) is 0 Å². The second-order valence-electron chi connectivity index (χ2n) is 6.02. The van der Waals surface area contributed by atoms with Gasteiger partial charge in [-0.2, -0.15) is 0 Å². The van der Waals surface area contributed by atoms with Crippen LogP contribution in [0.1, 0.15) is 34.6 Å². The Bertz CT molecular complexity index is 335. The van der Waals surface area contributed by atoms with Gasteiger partial charge in [-0.25, -0.2) is 0 Å². The third-order valence-corrected chi connectivity index (χ3v) is 3.19. The van der Waals surface area contributed by atoms with E-state index in [-0.39, 0.29) is 18.6 Å². The fraction of sp³-hybridized carbons (Fsp3) is 0.857. The zero-order chi connectivity index (χ0) is 14.6. The third-order valence-electron chi connectivity index (χ3n) is 3.19. The minimum Gasteiger partial charge on any atom is -0.465 e. The smallest absolute Gasteiger partial charge is 0.319 e. The van der Waals surface area contributed by atoms with Crippen LogP contribution in [0.3, 0.4) is 0 Å². The minimum absolute atomic E-state index is 0.0144. The number of esters is 1. The number of nitrogens with zero attached hydrogens (tertiary/aromatic N) is 1. The topological polar surface area (TPSA) is 55.8 Å². The second kappa shape index (κ2) is 6.37. The van der Waals surface area contributed by atoms with Crippen molar-refractivity contribution in [2.45, 2.75) is 40.7 Å². The minimum atomic E-state index is -0.752. The van der Waals surface area contributed by atoms with Crippen LogP contribution in [0, 0.1) is 11.3 Å². The van der Waals surface area contributed by atoms with E-state index in [4.69, 9.17) is 9.47 Å². The van der Waals surface area contributed by atoms with Gasteiger partial charge in [-0.1, -0.05) is 20.8 Å². The van der Waals surface area contributed by atoms with Crippen molar-refractivity contribution in [3.8, 4) is 0 Å². The molecule has 2 unspecified atom stereocenters. The molecule has 19 heavy (non-hydrogen) atoms. The molecule has 0 aromatic heterocycles. The molecule has 1 fully saturated rings. The largest absolute Gasteiger partial charge is 0.465 e. The van der Waals surface area contributed by atoms with Gasteiger partial charge in [0.2, 0.25) is 5.91 Å². The molecular weight excluding hydrogens is 246 g/mol. The van der Waals surface area contributed by atoms with Crippen LogP contribution < -0.4 is 0 Å². The lowest BCUT2D eigenvalue weighted by atomic mass is 9.79. The van der Waals surface area contributed by atoms with Gasteiger partial charge in [0.15, 0.2) is 0 Å². The van der Waals surface area contributed by atoms with Crippen LogP contribution in [-0.2, 0) is 19.1 Å². The number of carbonyl (C=O) groups excluding carboxylic acids is 2. The summed E-state index contributed by atoms with van der Waals surface area (Å²) in [6.45, 7) is 11.2. The van der Waals surface area contributed by atoms with Crippen molar-refractivity contribution in [3.05, 3.63) is 0 Å². The van der Waals surface area contributed by atoms with Gasteiger partial charge < -0.3 is 14.4 Å². The Balaban J connectivity index is 2.85. The molecule has 0 aromatic carbocycles. The lowest BCUT2D eigenvalue weighted by Crippen LogP contribution is -2.51. The molecule has 110 valence electrons. The third kappa shape index (κ3) is 4.20. The van der Waals surface area contributed by atoms with Gasteiger partial charge >= 0.3 is 5.97 Å². The van der Waals surface area contributed by atoms with Crippen LogP contribution in [0.2, 0.25) is 0 Å². The van der Waals surface area contributed by atoms with Crippen LogP contribution in [0.5, 0.6) is 0 Å². The highest BCUT2D eigenvalue weighted by Gasteiger charge is 2.41. The van der Waals surface area contributed by atoms with Gasteiger partial charge in [0, 0.05) is 13.1 Å². The van der Waals surface area contributed by atoms with Gasteiger partial charge in [-0.05, 0) is 19.3 Å². The Hall–Kier alpha value is -1.10. The van der Waals surface area contributed by atoms with E-state index in [9.17, 15) is 9.59 Å². The van der Waals surface area contributed by atoms with Crippen molar-refractivity contribution in [3.63, 3.8) is 0 Å². The summed E-state index contributed by atoms with van der Waals surface area (Å²) < 4.78 is 10.5. The van der Waals surface area contributed by atoms with Crippen LogP contribution >= 0.6 is 0 Å². The van der Waals surface area contributed by atoms with E-state index in [1.54, 1.807) is 11.8 Å². The highest BCUT2D eigenvalue weighted by atomic mass is 16.5. The van der Waals surface area contributed by atoms with Crippen molar-refractivity contribution in [2.75, 3.05) is 26.3 Å². The van der Waals surface area contributed by atoms with Crippen molar-refractivity contribution in [1.29, 1.82) is 0 Å². The molecule has 5 heteroatoms. The fourth-order valence-corrected chi connectivity index (χ4v) is 2.25. The summed E-state index contributed by atoms with van der Waals surface area (Å²) in [5.41, 5.74) is -0.453. The number of morpholine rings is 1. The quantitative estimate of drug-likeness (QED) is 0.576. The van der Waals surface area contributed by atoms with E-state index in [1.165, 1.54) is 0 Å². The summed E-state index contributed by atoms with van der Waals surface area (Å²) in [6.07, 6.45) is 0.0144. The molecule has 0 saturated carbocycles. The maximum absolute atomic E-state index is 12.6. The monoisotopic (exact) mass is 271 g/mol. The fourth-order valence-electron chi connectivity index (χ4n) is 2.25. The Morgan fingerprint density at radius 3 is 2.53 bits per heavy atom. The van der Waals surface area contributed by atoms with Crippen molar-refractivity contribution in [1.82, 2.24) is 4.90 Å². The number of rotatable bonds is 3. The Morgan fingerprint density at radius 2 is 2.05 bits per heavy atom. The summed E-state index contributed by atoms with van der Waals surface area (Å²) in [4.78, 5) is 26.3. The molecule has 0 bridgehead atoms. The number of ether oxygens (including phenoxy) is 2. The van der Waals surface area contributed by atoms with E-state index in [0.717, 1.165) is 0 Å². The lowest BCUT2D eigenvalue weighted by Gasteiger charge is -2.36. The van der Waals surface area contributed by atoms with Crippen molar-refractivity contribution < 1.29 is 19.1 Å². The maximum atomic E-state index is 12.6. The second-order valence-corrected chi connectivity index (χ2v) is 6.02. The van der Waals surface area contributed by atoms with Gasteiger partial charge in [0.05, 0.1) is 19.3 Å². The molecule has 2 atom stereocenters. The Labute approximate surface area is 115 Å². The highest BCUT2D eigenvalue weighted by Crippen LogP contribution is 2.29. The molecule has 1 heterocycles. The summed E-state index contributed by atoms with van der Waals surface area (Å²) in [6, 6.07) is 0. The summed E-state index contributed by atoms with van der Waals surface area (Å²) in [7, 11) is 0. The predicted octanol–water partition coefficient (Wildman–Crippen LogP) is 1.46. The molecule has 0 spiro atoms. The van der Waals surface area contributed by atoms with Gasteiger partial charge in [-0.15, -0.1) is 0 Å². The number of amides is 1. The normalized spacial score (nSPS) is 21.9. The highest BCUT2D eigenvalue weighted by molar-refractivity contribution is 5.98. The summed E-state index contributed by atoms with van der Waals surface area (Å²) in [5, 5.41) is 0. The Morgan fingerprint density at radius 1 is 1.42 bits per heavy atom. The first-order valence-electron chi connectivity index (χ1n) is 6.84. The van der Waals surface area contributed by atoms with Crippen molar-refractivity contribution in [2.24, 2.45) is 11.3 Å². The maximum Gasteiger partial charge on any atom is 0.319 e. The molecule has 1 saturated heterocycles. The Kier molecular flexibility index (Phi) is 5.35. The van der Waals surface area contributed by atoms with Gasteiger partial charge in [-0.3, -0.25) is 9.59 Å². The van der Waals surface area contributed by atoms with Crippen LogP contribution in [0.15, 0.2) is 0 Å². The van der Waals surface area contributed by atoms with Crippen molar-refractivity contribution >= 4 is 11.9 Å². The summed E-state index contributed by atoms with van der Waals surface area (Å²) >= 11 is 0. The lowest BCUT2D eigenvalue weighted by molar-refractivity contribution is -0.163. The number of carbonyl (C=O) groups is 2. The first-order chi connectivity index (χ1) is 8.77. The molecule has 1 rings (SSSR count). The predicted molar refractivity (Wildman–Crippen MR) is 71.6 cm³/mol. The molecule has 0 N–H and O–H groups in total. The average molecular weight is 271 g/mol. The molecule has 0 radical (unpaired) electrons. The van der Waals surface area contributed by atoms with E-state index in [0.29, 0.717) is 19.7 Å². The molecule has 1 amide bonds. The van der Waals surface area contributed by atoms with E-state index < -0.39 is 17.3 Å². The van der Waals surface area contributed by atoms with E-state index >= 15 is 0 Å². The number of hydrogen-bond acceptors (Lipinski definition) is 4. The SMILES string of the molecule is CCOC(=O)C(C(=O)N1CCOC(C)C1)C(C)(C)C. The molecule has 1 aliphatic rings. The average Bonchev–Trinajstić information content (AvgIpc) is 2.27. The molecular formula is C14H25NO4. The number of hydrogen-bond donors (Lipinski definition) is 0. The van der Waals surface area contributed by atoms with Crippen LogP contribution in [-0.4, -0.2) is 49.2 Å². The molecule has 5 nitrogen and oxygen atoms in total. The first kappa shape index (κ1) is 16.0. The molecule has 1 aliphatic heterocycles. The first-order valence-corrected chi connectivity index (χ1v) is 6.84. The zero-order valence-corrected chi connectivity index (χ0v) is 12.6. The van der Waals surface area contributed by atoms with E-state index in [2.05, 4.69) is 0 Å². The molecule has 0 aliphatic carbocycles. The van der Waals surface area contributed by atoms with Crippen LogP contribution in [0.25, 0.3) is 0 Å². The standard InChI is InChI=1S/C14H25NO4/c1-6-18-13(17)11(14(3,4)5)12(16)15-7-8-19-10(2)9-15/h10-11H,6-9H2,1-5H3. The van der Waals surface area contributed by atoms with Gasteiger partial charge in [0.25, 0.3) is 0 Å². The van der Waals surface area contributed by atoms with Gasteiger partial charge in [0.1, 0.15) is 5.92 Å². The summed E-state index contributed by atoms with van der Waals surface area (Å²) in [5.74, 6) is -1.34. The van der Waals surface area contributed by atoms with E-state index in [1.807, 2.05) is 27.7 Å². The zero-order valence-electron chi connectivity index (χ0n) is 12.6. The molecule has 0 aromatic rings.